The molecule has 3 saturated carbocycles. The van der Waals surface area contributed by atoms with Gasteiger partial charge in [0.15, 0.2) is 12.2 Å². The summed E-state index contributed by atoms with van der Waals surface area (Å²) in [7, 11) is 4.08. The summed E-state index contributed by atoms with van der Waals surface area (Å²) in [5, 5.41) is 0.949. The highest BCUT2D eigenvalue weighted by molar-refractivity contribution is 8.00. The molecule has 0 N–H and O–H groups in total. The van der Waals surface area contributed by atoms with Crippen molar-refractivity contribution in [3.05, 3.63) is 23.9 Å². The molecular formula is C19H22NO6S+. The van der Waals surface area contributed by atoms with E-state index in [-0.39, 0.29) is 41.0 Å². The Hall–Kier alpha value is -2.09. The molecule has 0 aromatic carbocycles. The third-order valence-corrected chi connectivity index (χ3v) is 7.79. The molecule has 0 amide bonds. The fourth-order valence-corrected chi connectivity index (χ4v) is 7.02. The number of ether oxygens (including phenoxy) is 3. The molecule has 0 saturated heterocycles. The normalized spacial score (nSPS) is 33.0. The van der Waals surface area contributed by atoms with Gasteiger partial charge in [-0.05, 0) is 36.6 Å². The molecule has 2 bridgehead atoms. The van der Waals surface area contributed by atoms with Crippen molar-refractivity contribution in [2.45, 2.75) is 29.2 Å². The van der Waals surface area contributed by atoms with Crippen molar-refractivity contribution in [2.24, 2.45) is 23.7 Å². The van der Waals surface area contributed by atoms with E-state index in [4.69, 9.17) is 14.2 Å². The van der Waals surface area contributed by atoms with Gasteiger partial charge in [0.25, 0.3) is 5.03 Å². The van der Waals surface area contributed by atoms with Crippen molar-refractivity contribution in [2.75, 3.05) is 21.3 Å². The van der Waals surface area contributed by atoms with E-state index in [0.29, 0.717) is 5.56 Å². The lowest BCUT2D eigenvalue weighted by molar-refractivity contribution is -0.762. The van der Waals surface area contributed by atoms with Crippen LogP contribution >= 0.6 is 11.8 Å². The highest BCUT2D eigenvalue weighted by Gasteiger charge is 2.66. The fourth-order valence-electron chi connectivity index (χ4n) is 5.23. The Morgan fingerprint density at radius 3 is 2.26 bits per heavy atom. The molecule has 1 aromatic rings. The van der Waals surface area contributed by atoms with E-state index in [0.717, 1.165) is 17.9 Å². The van der Waals surface area contributed by atoms with Gasteiger partial charge in [-0.15, -0.1) is 0 Å². The molecule has 0 radical (unpaired) electrons. The lowest BCUT2D eigenvalue weighted by atomic mass is 9.56. The molecule has 0 unspecified atom stereocenters. The summed E-state index contributed by atoms with van der Waals surface area (Å²) >= 11 is 1.61. The number of carbonyl (C=O) groups excluding carboxylic acids is 3. The van der Waals surface area contributed by atoms with E-state index in [1.165, 1.54) is 21.3 Å². The molecule has 1 aliphatic heterocycles. The first-order chi connectivity index (χ1) is 13.0. The molecule has 0 spiro atoms. The second-order valence-electron chi connectivity index (χ2n) is 7.20. The number of hydrogen-bond acceptors (Lipinski definition) is 7. The quantitative estimate of drug-likeness (QED) is 0.437. The SMILES string of the molecule is COC(=O)c1ccc[n+]2c1S[C@@H]1[C@@H]3CC[C@H]([C@@H](C(=O)OC)[C@H]3C(=O)OC)[C@H]12. The summed E-state index contributed by atoms with van der Waals surface area (Å²) < 4.78 is 17.1. The van der Waals surface area contributed by atoms with Crippen LogP contribution in [0.2, 0.25) is 0 Å². The number of nitrogens with zero attached hydrogens (tertiary/aromatic N) is 1. The molecule has 27 heavy (non-hydrogen) atoms. The molecule has 1 aromatic heterocycles. The second-order valence-corrected chi connectivity index (χ2v) is 8.37. The molecule has 2 heterocycles. The first-order valence-electron chi connectivity index (χ1n) is 8.98. The average molecular weight is 392 g/mol. The van der Waals surface area contributed by atoms with E-state index in [9.17, 15) is 14.4 Å². The number of pyridine rings is 1. The molecule has 4 aliphatic rings. The van der Waals surface area contributed by atoms with Crippen LogP contribution in [0.3, 0.4) is 0 Å². The van der Waals surface area contributed by atoms with Crippen LogP contribution in [0, 0.1) is 23.7 Å². The Morgan fingerprint density at radius 1 is 1.00 bits per heavy atom. The van der Waals surface area contributed by atoms with E-state index in [1.54, 1.807) is 17.8 Å². The van der Waals surface area contributed by atoms with Crippen molar-refractivity contribution in [3.63, 3.8) is 0 Å². The van der Waals surface area contributed by atoms with Gasteiger partial charge < -0.3 is 14.2 Å². The summed E-state index contributed by atoms with van der Waals surface area (Å²) in [6, 6.07) is 3.61. The predicted molar refractivity (Wildman–Crippen MR) is 93.9 cm³/mol. The van der Waals surface area contributed by atoms with Crippen LogP contribution in [0.1, 0.15) is 29.2 Å². The standard InChI is InChI=1S/C19H22NO6S/c1-24-17(21)11-5-4-8-20-14-9-6-7-10(15(14)27-16(11)20)13(19(23)26-3)12(9)18(22)25-2/h4-5,8-10,12-15H,6-7H2,1-3H3/q+1/t9-,10-,12-,13+,14-,15-/m1/s1. The minimum absolute atomic E-state index is 0.00746. The molecule has 8 heteroatoms. The van der Waals surface area contributed by atoms with E-state index >= 15 is 0 Å². The summed E-state index contributed by atoms with van der Waals surface area (Å²) in [6.07, 6.45) is 3.64. The number of esters is 3. The molecule has 7 nitrogen and oxygen atoms in total. The number of methoxy groups -OCH3 is 3. The summed E-state index contributed by atoms with van der Waals surface area (Å²) in [4.78, 5) is 37.3. The van der Waals surface area contributed by atoms with Gasteiger partial charge in [0, 0.05) is 12.0 Å². The first-order valence-corrected chi connectivity index (χ1v) is 9.86. The van der Waals surface area contributed by atoms with E-state index in [2.05, 4.69) is 4.57 Å². The number of thioether (sulfide) groups is 1. The Labute approximate surface area is 161 Å². The minimum Gasteiger partial charge on any atom is -0.469 e. The maximum absolute atomic E-state index is 12.6. The van der Waals surface area contributed by atoms with Crippen LogP contribution in [0.15, 0.2) is 23.4 Å². The van der Waals surface area contributed by atoms with Gasteiger partial charge in [-0.25, -0.2) is 4.79 Å². The molecular weight excluding hydrogens is 370 g/mol. The Bertz CT molecular complexity index is 811. The average Bonchev–Trinajstić information content (AvgIpc) is 3.12. The van der Waals surface area contributed by atoms with Crippen LogP contribution in [0.4, 0.5) is 0 Å². The molecule has 3 aliphatic carbocycles. The van der Waals surface area contributed by atoms with Gasteiger partial charge in [0.05, 0.1) is 38.4 Å². The Balaban J connectivity index is 1.80. The van der Waals surface area contributed by atoms with Gasteiger partial charge in [-0.1, -0.05) is 0 Å². The van der Waals surface area contributed by atoms with Crippen LogP contribution in [-0.4, -0.2) is 44.5 Å². The van der Waals surface area contributed by atoms with E-state index < -0.39 is 11.8 Å². The van der Waals surface area contributed by atoms with Gasteiger partial charge in [-0.2, -0.15) is 4.57 Å². The monoisotopic (exact) mass is 392 g/mol. The third-order valence-electron chi connectivity index (χ3n) is 6.24. The number of aromatic nitrogens is 1. The number of hydrogen-bond donors (Lipinski definition) is 0. The fraction of sp³-hybridized carbons (Fsp3) is 0.579. The first kappa shape index (κ1) is 18.3. The minimum atomic E-state index is -0.525. The highest BCUT2D eigenvalue weighted by atomic mass is 32.2. The zero-order valence-electron chi connectivity index (χ0n) is 15.4. The van der Waals surface area contributed by atoms with Crippen LogP contribution in [0.25, 0.3) is 0 Å². The van der Waals surface area contributed by atoms with E-state index in [1.807, 2.05) is 12.3 Å². The second kappa shape index (κ2) is 6.82. The highest BCUT2D eigenvalue weighted by Crippen LogP contribution is 2.60. The maximum atomic E-state index is 12.6. The smallest absolute Gasteiger partial charge is 0.345 e. The number of fused-ring (bicyclic) bond motifs is 3. The van der Waals surface area contributed by atoms with Crippen molar-refractivity contribution in [1.29, 1.82) is 0 Å². The van der Waals surface area contributed by atoms with Gasteiger partial charge in [0.2, 0.25) is 0 Å². The predicted octanol–water partition coefficient (Wildman–Crippen LogP) is 1.39. The van der Waals surface area contributed by atoms with Crippen LogP contribution < -0.4 is 4.57 Å². The van der Waals surface area contributed by atoms with Crippen molar-refractivity contribution < 1.29 is 33.2 Å². The van der Waals surface area contributed by atoms with Gasteiger partial charge >= 0.3 is 17.9 Å². The summed E-state index contributed by atoms with van der Waals surface area (Å²) in [5.41, 5.74) is 0.517. The van der Waals surface area contributed by atoms with Crippen molar-refractivity contribution in [3.8, 4) is 0 Å². The third kappa shape index (κ3) is 2.56. The summed E-state index contributed by atoms with van der Waals surface area (Å²) in [6.45, 7) is 0. The van der Waals surface area contributed by atoms with Gasteiger partial charge in [0.1, 0.15) is 5.56 Å². The topological polar surface area (TPSA) is 82.8 Å². The molecule has 5 rings (SSSR count). The lowest BCUT2D eigenvalue weighted by Gasteiger charge is -2.49. The van der Waals surface area contributed by atoms with Crippen molar-refractivity contribution >= 4 is 29.7 Å². The van der Waals surface area contributed by atoms with Gasteiger partial charge in [-0.3, -0.25) is 9.59 Å². The number of carbonyl (C=O) groups is 3. The molecule has 144 valence electrons. The summed E-state index contributed by atoms with van der Waals surface area (Å²) in [5.74, 6) is -2.17. The maximum Gasteiger partial charge on any atom is 0.345 e. The van der Waals surface area contributed by atoms with Crippen molar-refractivity contribution in [1.82, 2.24) is 0 Å². The zero-order valence-corrected chi connectivity index (χ0v) is 16.2. The zero-order chi connectivity index (χ0) is 19.3. The largest absolute Gasteiger partial charge is 0.469 e. The number of rotatable bonds is 3. The van der Waals surface area contributed by atoms with Crippen LogP contribution in [0.5, 0.6) is 0 Å². The molecule has 3 fully saturated rings. The Kier molecular flexibility index (Phi) is 4.61. The van der Waals surface area contributed by atoms with Crippen LogP contribution in [-0.2, 0) is 23.8 Å². The lowest BCUT2D eigenvalue weighted by Crippen LogP contribution is -2.61. The molecule has 6 atom stereocenters. The Morgan fingerprint density at radius 2 is 1.63 bits per heavy atom.